The first-order chi connectivity index (χ1) is 9.48. The molecule has 0 saturated carbocycles. The van der Waals surface area contributed by atoms with Crippen LogP contribution in [-0.2, 0) is 16.3 Å². The zero-order valence-corrected chi connectivity index (χ0v) is 14.2. The topological polar surface area (TPSA) is 72.0 Å². The summed E-state index contributed by atoms with van der Waals surface area (Å²) in [6.07, 6.45) is 5.80. The van der Waals surface area contributed by atoms with E-state index in [1.165, 1.54) is 22.7 Å². The number of nitrogens with one attached hydrogen (secondary N) is 1. The monoisotopic (exact) mass is 319 g/mol. The largest absolute Gasteiger partial charge is 0.309 e. The molecule has 1 rings (SSSR count). The van der Waals surface area contributed by atoms with Crippen LogP contribution in [0.1, 0.15) is 56.1 Å². The minimum atomic E-state index is -2.89. The Balaban J connectivity index is 2.69. The van der Waals surface area contributed by atoms with Crippen LogP contribution in [0.25, 0.3) is 0 Å². The number of hydrogen-bond acceptors (Lipinski definition) is 6. The van der Waals surface area contributed by atoms with Gasteiger partial charge < -0.3 is 5.32 Å². The SMILES string of the molecule is CCCNC(CCCS(C)(=O)=O)c1snnc1CCC. The number of hydrogen-bond donors (Lipinski definition) is 1. The van der Waals surface area contributed by atoms with Crippen molar-refractivity contribution in [2.75, 3.05) is 18.6 Å². The fourth-order valence-corrected chi connectivity index (χ4v) is 3.58. The molecule has 116 valence electrons. The van der Waals surface area contributed by atoms with Gasteiger partial charge in [0.2, 0.25) is 0 Å². The predicted octanol–water partition coefficient (Wildman–Crippen LogP) is 2.36. The van der Waals surface area contributed by atoms with Crippen molar-refractivity contribution < 1.29 is 8.42 Å². The number of aromatic nitrogens is 2. The fraction of sp³-hybridized carbons (Fsp3) is 0.846. The van der Waals surface area contributed by atoms with Gasteiger partial charge in [-0.15, -0.1) is 5.10 Å². The number of rotatable bonds is 10. The predicted molar refractivity (Wildman–Crippen MR) is 83.9 cm³/mol. The molecular formula is C13H25N3O2S2. The summed E-state index contributed by atoms with van der Waals surface area (Å²) in [5.41, 5.74) is 1.06. The van der Waals surface area contributed by atoms with Crippen LogP contribution in [0.5, 0.6) is 0 Å². The Kier molecular flexibility index (Phi) is 7.61. The van der Waals surface area contributed by atoms with Gasteiger partial charge in [-0.3, -0.25) is 0 Å². The molecule has 0 spiro atoms. The first kappa shape index (κ1) is 17.5. The fourth-order valence-electron chi connectivity index (χ4n) is 2.08. The molecule has 20 heavy (non-hydrogen) atoms. The highest BCUT2D eigenvalue weighted by Gasteiger charge is 2.18. The molecule has 1 heterocycles. The Morgan fingerprint density at radius 2 is 2.05 bits per heavy atom. The van der Waals surface area contributed by atoms with E-state index in [0.29, 0.717) is 6.42 Å². The lowest BCUT2D eigenvalue weighted by molar-refractivity contribution is 0.495. The smallest absolute Gasteiger partial charge is 0.147 e. The van der Waals surface area contributed by atoms with Crippen molar-refractivity contribution in [1.82, 2.24) is 14.9 Å². The van der Waals surface area contributed by atoms with Crippen LogP contribution >= 0.6 is 11.5 Å². The van der Waals surface area contributed by atoms with Gasteiger partial charge in [0.15, 0.2) is 0 Å². The Hall–Kier alpha value is -0.530. The normalized spacial score (nSPS) is 13.6. The van der Waals surface area contributed by atoms with Gasteiger partial charge in [0.1, 0.15) is 9.84 Å². The van der Waals surface area contributed by atoms with E-state index in [2.05, 4.69) is 28.8 Å². The van der Waals surface area contributed by atoms with E-state index in [4.69, 9.17) is 0 Å². The first-order valence-electron chi connectivity index (χ1n) is 7.20. The van der Waals surface area contributed by atoms with Crippen LogP contribution < -0.4 is 5.32 Å². The molecule has 1 aromatic heterocycles. The van der Waals surface area contributed by atoms with Gasteiger partial charge in [0.25, 0.3) is 0 Å². The van der Waals surface area contributed by atoms with Crippen LogP contribution in [0.15, 0.2) is 0 Å². The number of nitrogens with zero attached hydrogens (tertiary/aromatic N) is 2. The molecule has 1 N–H and O–H groups in total. The van der Waals surface area contributed by atoms with Gasteiger partial charge in [-0.1, -0.05) is 24.8 Å². The van der Waals surface area contributed by atoms with Crippen molar-refractivity contribution in [3.05, 3.63) is 10.6 Å². The van der Waals surface area contributed by atoms with Gasteiger partial charge in [0, 0.05) is 18.1 Å². The maximum atomic E-state index is 11.2. The molecule has 5 nitrogen and oxygen atoms in total. The second-order valence-corrected chi connectivity index (χ2v) is 8.16. The average molecular weight is 319 g/mol. The Morgan fingerprint density at radius 1 is 1.30 bits per heavy atom. The van der Waals surface area contributed by atoms with Crippen molar-refractivity contribution in [3.8, 4) is 0 Å². The summed E-state index contributed by atoms with van der Waals surface area (Å²) in [6.45, 7) is 5.17. The number of aryl methyl sites for hydroxylation is 1. The zero-order chi connectivity index (χ0) is 15.0. The van der Waals surface area contributed by atoms with Crippen LogP contribution in [0.3, 0.4) is 0 Å². The van der Waals surface area contributed by atoms with Crippen LogP contribution in [-0.4, -0.2) is 36.6 Å². The molecule has 7 heteroatoms. The van der Waals surface area contributed by atoms with Crippen LogP contribution in [0.2, 0.25) is 0 Å². The van der Waals surface area contributed by atoms with E-state index in [0.717, 1.165) is 37.9 Å². The summed E-state index contributed by atoms with van der Waals surface area (Å²) in [4.78, 5) is 1.17. The van der Waals surface area contributed by atoms with E-state index in [-0.39, 0.29) is 11.8 Å². The van der Waals surface area contributed by atoms with E-state index < -0.39 is 9.84 Å². The summed E-state index contributed by atoms with van der Waals surface area (Å²) in [5.74, 6) is 0.243. The first-order valence-corrected chi connectivity index (χ1v) is 10.0. The van der Waals surface area contributed by atoms with Gasteiger partial charge >= 0.3 is 0 Å². The zero-order valence-electron chi connectivity index (χ0n) is 12.6. The van der Waals surface area contributed by atoms with Gasteiger partial charge in [-0.25, -0.2) is 8.42 Å². The van der Waals surface area contributed by atoms with Gasteiger partial charge in [0.05, 0.1) is 10.6 Å². The minimum absolute atomic E-state index is 0.179. The lowest BCUT2D eigenvalue weighted by atomic mass is 10.1. The third-order valence-corrected chi connectivity index (χ3v) is 4.95. The molecule has 0 bridgehead atoms. The van der Waals surface area contributed by atoms with Crippen molar-refractivity contribution in [1.29, 1.82) is 0 Å². The van der Waals surface area contributed by atoms with Gasteiger partial charge in [-0.2, -0.15) is 0 Å². The third-order valence-electron chi connectivity index (χ3n) is 3.04. The molecule has 0 aromatic carbocycles. The highest BCUT2D eigenvalue weighted by molar-refractivity contribution is 7.90. The second-order valence-electron chi connectivity index (χ2n) is 5.11. The van der Waals surface area contributed by atoms with Crippen LogP contribution in [0, 0.1) is 0 Å². The Labute approximate surface area is 126 Å². The van der Waals surface area contributed by atoms with Crippen molar-refractivity contribution in [2.45, 2.75) is 52.0 Å². The molecule has 0 fully saturated rings. The molecule has 0 amide bonds. The molecular weight excluding hydrogens is 294 g/mol. The molecule has 0 aliphatic heterocycles. The van der Waals surface area contributed by atoms with E-state index in [1.54, 1.807) is 0 Å². The summed E-state index contributed by atoms with van der Waals surface area (Å²) >= 11 is 1.43. The molecule has 1 unspecified atom stereocenters. The van der Waals surface area contributed by atoms with E-state index >= 15 is 0 Å². The van der Waals surface area contributed by atoms with Crippen molar-refractivity contribution in [2.24, 2.45) is 0 Å². The average Bonchev–Trinajstić information content (AvgIpc) is 2.81. The molecule has 0 saturated heterocycles. The summed E-state index contributed by atoms with van der Waals surface area (Å²) < 4.78 is 26.5. The molecule has 0 aliphatic rings. The highest BCUT2D eigenvalue weighted by atomic mass is 32.2. The molecule has 1 aromatic rings. The van der Waals surface area contributed by atoms with Crippen LogP contribution in [0.4, 0.5) is 0 Å². The third kappa shape index (κ3) is 6.28. The second kappa shape index (κ2) is 8.69. The summed E-state index contributed by atoms with van der Waals surface area (Å²) in [6, 6.07) is 0.179. The number of sulfone groups is 1. The van der Waals surface area contributed by atoms with Gasteiger partial charge in [-0.05, 0) is 43.8 Å². The lowest BCUT2D eigenvalue weighted by Gasteiger charge is -2.17. The summed E-state index contributed by atoms with van der Waals surface area (Å²) in [7, 11) is -2.89. The quantitative estimate of drug-likeness (QED) is 0.717. The Morgan fingerprint density at radius 3 is 2.65 bits per heavy atom. The Bertz CT molecular complexity index is 486. The standard InChI is InChI=1S/C13H25N3O2S2/c1-4-7-12-13(19-16-15-12)11(14-9-5-2)8-6-10-20(3,17)18/h11,14H,4-10H2,1-3H3. The maximum Gasteiger partial charge on any atom is 0.147 e. The van der Waals surface area contributed by atoms with Crippen molar-refractivity contribution in [3.63, 3.8) is 0 Å². The van der Waals surface area contributed by atoms with Crippen molar-refractivity contribution >= 4 is 21.4 Å². The molecule has 0 radical (unpaired) electrons. The highest BCUT2D eigenvalue weighted by Crippen LogP contribution is 2.25. The maximum absolute atomic E-state index is 11.2. The van der Waals surface area contributed by atoms with E-state index in [9.17, 15) is 8.42 Å². The van der Waals surface area contributed by atoms with E-state index in [1.807, 2.05) is 0 Å². The summed E-state index contributed by atoms with van der Waals surface area (Å²) in [5, 5.41) is 7.69. The minimum Gasteiger partial charge on any atom is -0.309 e. The lowest BCUT2D eigenvalue weighted by Crippen LogP contribution is -2.23. The molecule has 1 atom stereocenters. The molecule has 0 aliphatic carbocycles.